The molecule has 7 nitrogen and oxygen atoms in total. The number of allylic oxidation sites excluding steroid dienone is 1. The van der Waals surface area contributed by atoms with Crippen molar-refractivity contribution in [2.24, 2.45) is 10.7 Å². The molecule has 2 aromatic heterocycles. The fraction of sp³-hybridized carbons (Fsp3) is 0.105. The number of hydrogen-bond acceptors (Lipinski definition) is 5. The minimum Gasteiger partial charge on any atom is -0.480 e. The van der Waals surface area contributed by atoms with Crippen LogP contribution in [0.25, 0.3) is 22.2 Å². The Morgan fingerprint density at radius 2 is 2.07 bits per heavy atom. The first-order valence-electron chi connectivity index (χ1n) is 8.26. The van der Waals surface area contributed by atoms with Gasteiger partial charge >= 0.3 is 5.97 Å². The lowest BCUT2D eigenvalue weighted by Gasteiger charge is -2.09. The van der Waals surface area contributed by atoms with Gasteiger partial charge in [-0.15, -0.1) is 11.3 Å². The lowest BCUT2D eigenvalue weighted by atomic mass is 10.0. The number of H-pyrrole nitrogens is 2. The highest BCUT2D eigenvalue weighted by atomic mass is 32.1. The average Bonchev–Trinajstić information content (AvgIpc) is 3.36. The first kappa shape index (κ1) is 17.2. The molecule has 0 aliphatic carbocycles. The van der Waals surface area contributed by atoms with Gasteiger partial charge in [-0.3, -0.25) is 19.8 Å². The number of fused-ring (bicyclic) bond motifs is 1. The molecule has 136 valence electrons. The minimum atomic E-state index is -1.08. The Bertz CT molecular complexity index is 1220. The number of carboxylic acid groups (broad SMARTS) is 1. The standard InChI is InChI=1S/C19H16N4O3S/c20-13(19(25)26)8-11-10-4-1-2-5-14(10)21-15(11)9-12-17(22-23-18(12)24)16-6-3-7-27-16/h1-7,9,13H,8,20H2,(H,25,26)(H2,22,23,24). The summed E-state index contributed by atoms with van der Waals surface area (Å²) in [6.45, 7) is 0. The second-order valence-corrected chi connectivity index (χ2v) is 7.08. The Hall–Kier alpha value is -3.23. The van der Waals surface area contributed by atoms with Crippen LogP contribution in [0.2, 0.25) is 0 Å². The number of benzene rings is 1. The summed E-state index contributed by atoms with van der Waals surface area (Å²) in [5.41, 5.74) is 7.90. The van der Waals surface area contributed by atoms with E-state index in [9.17, 15) is 14.7 Å². The Morgan fingerprint density at radius 3 is 2.81 bits per heavy atom. The maximum absolute atomic E-state index is 12.3. The van der Waals surface area contributed by atoms with Gasteiger partial charge in [0.1, 0.15) is 6.04 Å². The fourth-order valence-electron chi connectivity index (χ4n) is 3.06. The van der Waals surface area contributed by atoms with Gasteiger partial charge in [-0.25, -0.2) is 4.99 Å². The zero-order chi connectivity index (χ0) is 19.0. The van der Waals surface area contributed by atoms with Crippen molar-refractivity contribution in [2.75, 3.05) is 0 Å². The predicted molar refractivity (Wildman–Crippen MR) is 104 cm³/mol. The van der Waals surface area contributed by atoms with Crippen molar-refractivity contribution >= 4 is 29.0 Å². The van der Waals surface area contributed by atoms with Crippen LogP contribution in [0.4, 0.5) is 0 Å². The SMILES string of the molecule is NC(CC1=c2ccccc2=NC1=Cc1c(-c2cccs2)[nH][nH]c1=O)C(=O)O. The van der Waals surface area contributed by atoms with Crippen LogP contribution in [-0.4, -0.2) is 27.3 Å². The van der Waals surface area contributed by atoms with Crippen LogP contribution in [0.3, 0.4) is 0 Å². The third-order valence-corrected chi connectivity index (χ3v) is 5.27. The van der Waals surface area contributed by atoms with E-state index in [4.69, 9.17) is 5.73 Å². The molecule has 0 radical (unpaired) electrons. The van der Waals surface area contributed by atoms with Gasteiger partial charge in [0.15, 0.2) is 0 Å². The molecule has 1 unspecified atom stereocenters. The van der Waals surface area contributed by atoms with Crippen molar-refractivity contribution in [3.63, 3.8) is 0 Å². The molecule has 0 saturated carbocycles. The van der Waals surface area contributed by atoms with Crippen LogP contribution in [-0.2, 0) is 4.79 Å². The van der Waals surface area contributed by atoms with Gasteiger partial charge in [0.2, 0.25) is 0 Å². The second kappa shape index (κ2) is 6.82. The van der Waals surface area contributed by atoms with Crippen molar-refractivity contribution in [1.82, 2.24) is 10.2 Å². The van der Waals surface area contributed by atoms with Gasteiger partial charge in [-0.1, -0.05) is 24.3 Å². The number of para-hydroxylation sites is 1. The van der Waals surface area contributed by atoms with E-state index < -0.39 is 12.0 Å². The molecule has 8 heteroatoms. The first-order valence-corrected chi connectivity index (χ1v) is 9.14. The summed E-state index contributed by atoms with van der Waals surface area (Å²) in [6.07, 6.45) is 1.81. The molecule has 1 aliphatic rings. The summed E-state index contributed by atoms with van der Waals surface area (Å²) < 4.78 is 0. The first-order chi connectivity index (χ1) is 13.0. The number of carbonyl (C=O) groups is 1. The molecule has 1 atom stereocenters. The number of aromatic nitrogens is 2. The molecule has 4 rings (SSSR count). The van der Waals surface area contributed by atoms with Crippen molar-refractivity contribution in [3.8, 4) is 10.6 Å². The molecule has 27 heavy (non-hydrogen) atoms. The highest BCUT2D eigenvalue weighted by molar-refractivity contribution is 7.13. The summed E-state index contributed by atoms with van der Waals surface area (Å²) in [7, 11) is 0. The maximum Gasteiger partial charge on any atom is 0.320 e. The number of hydrogen-bond donors (Lipinski definition) is 4. The highest BCUT2D eigenvalue weighted by Crippen LogP contribution is 2.28. The zero-order valence-electron chi connectivity index (χ0n) is 14.1. The molecule has 5 N–H and O–H groups in total. The third-order valence-electron chi connectivity index (χ3n) is 4.38. The Kier molecular flexibility index (Phi) is 4.35. The lowest BCUT2D eigenvalue weighted by Crippen LogP contribution is -2.32. The Balaban J connectivity index is 1.87. The smallest absolute Gasteiger partial charge is 0.320 e. The van der Waals surface area contributed by atoms with Gasteiger partial charge in [-0.2, -0.15) is 0 Å². The normalized spacial score (nSPS) is 15.6. The van der Waals surface area contributed by atoms with Crippen LogP contribution in [0.5, 0.6) is 0 Å². The topological polar surface area (TPSA) is 124 Å². The van der Waals surface area contributed by atoms with Gasteiger partial charge in [-0.05, 0) is 29.2 Å². The molecule has 3 heterocycles. The Labute approximate surface area is 157 Å². The molecule has 0 saturated heterocycles. The molecule has 0 spiro atoms. The number of rotatable bonds is 5. The summed E-state index contributed by atoms with van der Waals surface area (Å²) in [5, 5.41) is 18.2. The van der Waals surface area contributed by atoms with Gasteiger partial charge < -0.3 is 10.8 Å². The minimum absolute atomic E-state index is 0.123. The van der Waals surface area contributed by atoms with E-state index in [0.717, 1.165) is 21.0 Å². The molecule has 0 amide bonds. The summed E-state index contributed by atoms with van der Waals surface area (Å²) >= 11 is 1.51. The van der Waals surface area contributed by atoms with Crippen LogP contribution < -0.4 is 21.9 Å². The molecule has 1 aliphatic heterocycles. The Morgan fingerprint density at radius 1 is 1.26 bits per heavy atom. The molecule has 0 bridgehead atoms. The second-order valence-electron chi connectivity index (χ2n) is 6.13. The number of nitrogens with one attached hydrogen (secondary N) is 2. The average molecular weight is 380 g/mol. The van der Waals surface area contributed by atoms with Crippen LogP contribution in [0.1, 0.15) is 12.0 Å². The van der Waals surface area contributed by atoms with E-state index in [1.807, 2.05) is 41.8 Å². The van der Waals surface area contributed by atoms with Crippen molar-refractivity contribution in [2.45, 2.75) is 12.5 Å². The summed E-state index contributed by atoms with van der Waals surface area (Å²) in [4.78, 5) is 29.1. The van der Waals surface area contributed by atoms with E-state index in [-0.39, 0.29) is 12.0 Å². The number of nitrogens with two attached hydrogens (primary N) is 1. The monoisotopic (exact) mass is 380 g/mol. The lowest BCUT2D eigenvalue weighted by molar-refractivity contribution is -0.138. The van der Waals surface area contributed by atoms with Crippen LogP contribution in [0.15, 0.2) is 57.3 Å². The van der Waals surface area contributed by atoms with E-state index in [2.05, 4.69) is 15.2 Å². The van der Waals surface area contributed by atoms with E-state index in [0.29, 0.717) is 17.0 Å². The van der Waals surface area contributed by atoms with Crippen molar-refractivity contribution in [3.05, 3.63) is 74.0 Å². The molecule has 3 aromatic rings. The van der Waals surface area contributed by atoms with E-state index >= 15 is 0 Å². The predicted octanol–water partition coefficient (Wildman–Crippen LogP) is 1.06. The van der Waals surface area contributed by atoms with E-state index in [1.165, 1.54) is 11.3 Å². The quantitative estimate of drug-likeness (QED) is 0.528. The maximum atomic E-state index is 12.3. The van der Waals surface area contributed by atoms with Gasteiger partial charge in [0, 0.05) is 11.6 Å². The summed E-state index contributed by atoms with van der Waals surface area (Å²) in [5.74, 6) is -1.08. The van der Waals surface area contributed by atoms with Crippen LogP contribution in [0, 0.1) is 0 Å². The molecular weight excluding hydrogens is 364 g/mol. The number of nitrogens with zero attached hydrogens (tertiary/aromatic N) is 1. The highest BCUT2D eigenvalue weighted by Gasteiger charge is 2.21. The van der Waals surface area contributed by atoms with Gasteiger partial charge in [0.25, 0.3) is 5.56 Å². The zero-order valence-corrected chi connectivity index (χ0v) is 14.9. The van der Waals surface area contributed by atoms with Crippen molar-refractivity contribution in [1.29, 1.82) is 0 Å². The molecule has 1 aromatic carbocycles. The molecule has 0 fully saturated rings. The largest absolute Gasteiger partial charge is 0.480 e. The van der Waals surface area contributed by atoms with Crippen LogP contribution >= 0.6 is 11.3 Å². The van der Waals surface area contributed by atoms with Gasteiger partial charge in [0.05, 0.1) is 27.2 Å². The van der Waals surface area contributed by atoms with E-state index in [1.54, 1.807) is 6.08 Å². The molecular formula is C19H16N4O3S. The van der Waals surface area contributed by atoms with Crippen molar-refractivity contribution < 1.29 is 9.90 Å². The number of thiophene rings is 1. The number of aromatic amines is 2. The fourth-order valence-corrected chi connectivity index (χ4v) is 3.80. The third kappa shape index (κ3) is 3.16. The number of aliphatic carboxylic acids is 1. The number of carboxylic acids is 1. The summed E-state index contributed by atoms with van der Waals surface area (Å²) in [6, 6.07) is 10.2.